The number of hydrogen-bond acceptors (Lipinski definition) is 7. The average molecular weight is 583 g/mol. The van der Waals surface area contributed by atoms with Gasteiger partial charge in [0, 0.05) is 69.2 Å². The number of likely N-dealkylation sites (tertiary alicyclic amines) is 1. The van der Waals surface area contributed by atoms with Gasteiger partial charge in [-0.3, -0.25) is 9.89 Å². The highest BCUT2D eigenvalue weighted by Gasteiger charge is 2.37. The number of anilines is 1. The van der Waals surface area contributed by atoms with Gasteiger partial charge in [0.05, 0.1) is 16.4 Å². The molecule has 0 spiro atoms. The van der Waals surface area contributed by atoms with E-state index in [2.05, 4.69) is 65.0 Å². The second-order valence-electron chi connectivity index (χ2n) is 10.9. The fraction of sp³-hybridized carbons (Fsp3) is 0.500. The van der Waals surface area contributed by atoms with Gasteiger partial charge in [-0.15, -0.1) is 0 Å². The summed E-state index contributed by atoms with van der Waals surface area (Å²) in [6.07, 6.45) is 3.20. The van der Waals surface area contributed by atoms with Gasteiger partial charge in [-0.2, -0.15) is 0 Å². The number of piperazine rings is 1. The Bertz CT molecular complexity index is 1270. The lowest BCUT2D eigenvalue weighted by Crippen LogP contribution is -2.61. The lowest BCUT2D eigenvalue weighted by Gasteiger charge is -2.51. The standard InChI is InChI=1S/C32H44ClFN6O/c1-8-26-20-39(31-13-12-30(37-22(31)4)32(35-7)41-24(6)36-9-2)21(3)19-40(26)27-14-16-38(17-15-27)23(5)25-10-11-28(33)29(34)18-25/h10-13,18,21,26-27,36H,5-6,8-9,14-17,19-20H2,1-4,7H3/b35-32-/t21-,26+/m1/s1. The van der Waals surface area contributed by atoms with E-state index < -0.39 is 5.82 Å². The number of ether oxygens (including phenoxy) is 1. The maximum Gasteiger partial charge on any atom is 0.242 e. The summed E-state index contributed by atoms with van der Waals surface area (Å²) >= 11 is 5.88. The number of nitrogens with zero attached hydrogens (tertiary/aromatic N) is 5. The molecule has 222 valence electrons. The molecule has 1 aromatic heterocycles. The van der Waals surface area contributed by atoms with Crippen LogP contribution in [0.15, 0.2) is 54.4 Å². The van der Waals surface area contributed by atoms with E-state index in [1.54, 1.807) is 13.1 Å². The van der Waals surface area contributed by atoms with Gasteiger partial charge < -0.3 is 19.9 Å². The Hall–Kier alpha value is -3.10. The van der Waals surface area contributed by atoms with Gasteiger partial charge in [0.1, 0.15) is 11.5 Å². The normalized spacial score (nSPS) is 20.7. The molecule has 41 heavy (non-hydrogen) atoms. The van der Waals surface area contributed by atoms with Gasteiger partial charge >= 0.3 is 0 Å². The molecule has 1 aromatic carbocycles. The number of benzene rings is 1. The Labute approximate surface area is 249 Å². The Balaban J connectivity index is 1.40. The van der Waals surface area contributed by atoms with Crippen molar-refractivity contribution in [2.75, 3.05) is 44.7 Å². The number of aryl methyl sites for hydroxylation is 1. The minimum Gasteiger partial charge on any atom is -0.422 e. The molecule has 0 amide bonds. The minimum atomic E-state index is -0.402. The number of aliphatic imine (C=N–C) groups is 1. The van der Waals surface area contributed by atoms with Gasteiger partial charge in [0.25, 0.3) is 0 Å². The van der Waals surface area contributed by atoms with Crippen LogP contribution < -0.4 is 10.2 Å². The summed E-state index contributed by atoms with van der Waals surface area (Å²) in [4.78, 5) is 16.7. The van der Waals surface area contributed by atoms with Crippen molar-refractivity contribution in [3.8, 4) is 0 Å². The maximum absolute atomic E-state index is 14.0. The maximum atomic E-state index is 14.0. The van der Waals surface area contributed by atoms with Crippen LogP contribution in [0.25, 0.3) is 5.70 Å². The molecule has 7 nitrogen and oxygen atoms in total. The van der Waals surface area contributed by atoms with Gasteiger partial charge in [0.2, 0.25) is 5.90 Å². The monoisotopic (exact) mass is 582 g/mol. The SMILES string of the molecule is C=C(NCC)O/C(=N\C)c1ccc(N2C[C@H](CC)N(C3CCN(C(=C)c4ccc(Cl)c(F)c4)CC3)C[C@H]2C)c(C)n1. The Morgan fingerprint density at radius 2 is 1.90 bits per heavy atom. The number of aromatic nitrogens is 1. The van der Waals surface area contributed by atoms with E-state index in [9.17, 15) is 4.39 Å². The molecule has 0 aliphatic carbocycles. The molecule has 2 atom stereocenters. The van der Waals surface area contributed by atoms with Crippen LogP contribution in [0.4, 0.5) is 10.1 Å². The molecular weight excluding hydrogens is 539 g/mol. The molecule has 0 unspecified atom stereocenters. The fourth-order valence-corrected chi connectivity index (χ4v) is 6.19. The zero-order valence-electron chi connectivity index (χ0n) is 25.1. The van der Waals surface area contributed by atoms with Crippen LogP contribution in [-0.4, -0.2) is 78.6 Å². The third-order valence-corrected chi connectivity index (χ3v) is 8.61. The van der Waals surface area contributed by atoms with E-state index in [1.807, 2.05) is 19.1 Å². The van der Waals surface area contributed by atoms with Crippen molar-refractivity contribution in [3.05, 3.63) is 77.2 Å². The summed E-state index contributed by atoms with van der Waals surface area (Å²) in [5.41, 5.74) is 4.47. The predicted molar refractivity (Wildman–Crippen MR) is 168 cm³/mol. The summed E-state index contributed by atoms with van der Waals surface area (Å²) in [5, 5.41) is 3.20. The largest absolute Gasteiger partial charge is 0.422 e. The van der Waals surface area contributed by atoms with Crippen molar-refractivity contribution >= 4 is 28.9 Å². The molecule has 4 rings (SSSR count). The molecule has 0 radical (unpaired) electrons. The fourth-order valence-electron chi connectivity index (χ4n) is 6.08. The van der Waals surface area contributed by atoms with E-state index in [-0.39, 0.29) is 5.02 Å². The van der Waals surface area contributed by atoms with Gasteiger partial charge in [-0.1, -0.05) is 31.2 Å². The van der Waals surface area contributed by atoms with Gasteiger partial charge in [0.15, 0.2) is 5.88 Å². The van der Waals surface area contributed by atoms with E-state index in [4.69, 9.17) is 21.3 Å². The van der Waals surface area contributed by atoms with Crippen molar-refractivity contribution in [2.24, 2.45) is 4.99 Å². The molecular formula is C32H44ClFN6O. The molecule has 2 fully saturated rings. The van der Waals surface area contributed by atoms with Crippen LogP contribution >= 0.6 is 11.6 Å². The first kappa shape index (κ1) is 30.8. The number of hydrogen-bond donors (Lipinski definition) is 1. The van der Waals surface area contributed by atoms with E-state index >= 15 is 0 Å². The van der Waals surface area contributed by atoms with Crippen LogP contribution in [0.5, 0.6) is 0 Å². The molecule has 2 aliphatic heterocycles. The average Bonchev–Trinajstić information content (AvgIpc) is 2.97. The summed E-state index contributed by atoms with van der Waals surface area (Å²) in [6, 6.07) is 10.4. The first-order valence-electron chi connectivity index (χ1n) is 14.6. The van der Waals surface area contributed by atoms with E-state index in [1.165, 1.54) is 6.07 Å². The van der Waals surface area contributed by atoms with Crippen molar-refractivity contribution in [1.82, 2.24) is 20.1 Å². The van der Waals surface area contributed by atoms with Crippen LogP contribution in [0.2, 0.25) is 5.02 Å². The number of rotatable bonds is 9. The van der Waals surface area contributed by atoms with E-state index in [0.717, 1.165) is 74.6 Å². The molecule has 3 heterocycles. The predicted octanol–water partition coefficient (Wildman–Crippen LogP) is 6.08. The molecule has 2 saturated heterocycles. The Morgan fingerprint density at radius 3 is 2.51 bits per heavy atom. The van der Waals surface area contributed by atoms with Crippen LogP contribution in [-0.2, 0) is 4.74 Å². The molecule has 2 aromatic rings. The van der Waals surface area contributed by atoms with Crippen molar-refractivity contribution in [1.29, 1.82) is 0 Å². The topological polar surface area (TPSA) is 56.2 Å². The van der Waals surface area contributed by atoms with Crippen molar-refractivity contribution in [2.45, 2.75) is 65.1 Å². The second kappa shape index (κ2) is 13.7. The van der Waals surface area contributed by atoms with E-state index in [0.29, 0.717) is 35.6 Å². The van der Waals surface area contributed by atoms with Crippen LogP contribution in [0.3, 0.4) is 0 Å². The zero-order valence-corrected chi connectivity index (χ0v) is 25.8. The number of piperidine rings is 1. The summed E-state index contributed by atoms with van der Waals surface area (Å²) < 4.78 is 19.8. The highest BCUT2D eigenvalue weighted by molar-refractivity contribution is 6.30. The molecule has 9 heteroatoms. The molecule has 0 bridgehead atoms. The Kier molecular flexibility index (Phi) is 10.3. The third-order valence-electron chi connectivity index (χ3n) is 8.31. The molecule has 2 aliphatic rings. The number of halogens is 2. The lowest BCUT2D eigenvalue weighted by atomic mass is 9.95. The lowest BCUT2D eigenvalue weighted by molar-refractivity contribution is 0.0643. The van der Waals surface area contributed by atoms with Gasteiger partial charge in [-0.05, 0) is 70.9 Å². The van der Waals surface area contributed by atoms with Gasteiger partial charge in [-0.25, -0.2) is 9.37 Å². The molecule has 1 N–H and O–H groups in total. The van der Waals surface area contributed by atoms with Crippen LogP contribution in [0.1, 0.15) is 57.0 Å². The number of pyridine rings is 1. The Morgan fingerprint density at radius 1 is 1.17 bits per heavy atom. The first-order valence-corrected chi connectivity index (χ1v) is 15.0. The van der Waals surface area contributed by atoms with Crippen LogP contribution in [0, 0.1) is 12.7 Å². The van der Waals surface area contributed by atoms with Crippen molar-refractivity contribution in [3.63, 3.8) is 0 Å². The minimum absolute atomic E-state index is 0.140. The van der Waals surface area contributed by atoms with Crippen molar-refractivity contribution < 1.29 is 9.13 Å². The highest BCUT2D eigenvalue weighted by atomic mass is 35.5. The highest BCUT2D eigenvalue weighted by Crippen LogP contribution is 2.32. The summed E-state index contributed by atoms with van der Waals surface area (Å²) in [5.74, 6) is 0.506. The summed E-state index contributed by atoms with van der Waals surface area (Å²) in [7, 11) is 1.70. The quantitative estimate of drug-likeness (QED) is 0.220. The smallest absolute Gasteiger partial charge is 0.242 e. The summed E-state index contributed by atoms with van der Waals surface area (Å²) in [6.45, 7) is 21.3. The zero-order chi connectivity index (χ0) is 29.7. The molecule has 0 saturated carbocycles. The first-order chi connectivity index (χ1) is 19.7. The third kappa shape index (κ3) is 7.04. The second-order valence-corrected chi connectivity index (χ2v) is 11.3. The number of nitrogens with one attached hydrogen (secondary N) is 1.